The second-order valence-corrected chi connectivity index (χ2v) is 6.48. The third-order valence-corrected chi connectivity index (χ3v) is 4.77. The Labute approximate surface area is 140 Å². The fraction of sp³-hybridized carbons (Fsp3) is 0.316. The van der Waals surface area contributed by atoms with E-state index in [4.69, 9.17) is 9.15 Å². The summed E-state index contributed by atoms with van der Waals surface area (Å²) in [5, 5.41) is 10.4. The first-order valence-electron chi connectivity index (χ1n) is 8.30. The maximum Gasteiger partial charge on any atom is 0.232 e. The van der Waals surface area contributed by atoms with Crippen molar-refractivity contribution in [3.8, 4) is 11.5 Å². The molecule has 124 valence electrons. The van der Waals surface area contributed by atoms with Gasteiger partial charge in [-0.2, -0.15) is 0 Å². The average Bonchev–Trinajstić information content (AvgIpc) is 3.27. The number of hydrogen-bond acceptors (Lipinski definition) is 4. The third-order valence-electron chi connectivity index (χ3n) is 4.77. The zero-order chi connectivity index (χ0) is 16.7. The molecule has 5 heteroatoms. The summed E-state index contributed by atoms with van der Waals surface area (Å²) < 4.78 is 11.1. The molecule has 2 N–H and O–H groups in total. The van der Waals surface area contributed by atoms with Gasteiger partial charge in [0.05, 0.1) is 30.5 Å². The molecule has 0 radical (unpaired) electrons. The smallest absolute Gasteiger partial charge is 0.232 e. The molecule has 2 aromatic rings. The minimum atomic E-state index is -0.156. The van der Waals surface area contributed by atoms with Crippen LogP contribution in [0.2, 0.25) is 0 Å². The van der Waals surface area contributed by atoms with Gasteiger partial charge in [-0.05, 0) is 30.7 Å². The number of Topliss-reactive ketones (excluding diaryl/α,β-unsaturated/α-hetero) is 1. The summed E-state index contributed by atoms with van der Waals surface area (Å²) in [5.41, 5.74) is 2.01. The van der Waals surface area contributed by atoms with E-state index in [1.54, 1.807) is 30.5 Å². The van der Waals surface area contributed by atoms with E-state index in [1.807, 2.05) is 6.92 Å². The van der Waals surface area contributed by atoms with Crippen LogP contribution in [0, 0.1) is 6.92 Å². The van der Waals surface area contributed by atoms with E-state index in [9.17, 15) is 9.90 Å². The Morgan fingerprint density at radius 2 is 2.12 bits per heavy atom. The zero-order valence-electron chi connectivity index (χ0n) is 13.6. The van der Waals surface area contributed by atoms with Crippen molar-refractivity contribution in [2.75, 3.05) is 13.1 Å². The Balaban J connectivity index is 1.74. The fourth-order valence-electron chi connectivity index (χ4n) is 3.56. The van der Waals surface area contributed by atoms with Crippen LogP contribution >= 0.6 is 0 Å². The maximum atomic E-state index is 12.7. The van der Waals surface area contributed by atoms with Crippen LogP contribution in [0.25, 0.3) is 6.08 Å². The predicted octanol–water partition coefficient (Wildman–Crippen LogP) is 2.09. The summed E-state index contributed by atoms with van der Waals surface area (Å²) in [4.78, 5) is 14.1. The normalized spacial score (nSPS) is 19.0. The minimum Gasteiger partial charge on any atom is -0.507 e. The van der Waals surface area contributed by atoms with Gasteiger partial charge in [-0.1, -0.05) is 0 Å². The fourth-order valence-corrected chi connectivity index (χ4v) is 3.56. The minimum absolute atomic E-state index is 0.156. The molecule has 1 saturated heterocycles. The number of phenolic OH excluding ortho intramolecular Hbond substituents is 1. The monoisotopic (exact) mass is 326 g/mol. The van der Waals surface area contributed by atoms with Crippen LogP contribution < -0.4 is 9.64 Å². The molecule has 0 unspecified atom stereocenters. The Kier molecular flexibility index (Phi) is 3.65. The molecule has 0 aliphatic carbocycles. The Morgan fingerprint density at radius 1 is 1.33 bits per heavy atom. The first-order chi connectivity index (χ1) is 11.6. The number of aryl methyl sites for hydroxylation is 1. The number of nitrogens with one attached hydrogen (secondary N) is 1. The number of allylic oxidation sites excluding steroid dienone is 1. The quantitative estimate of drug-likeness (QED) is 0.848. The molecule has 4 rings (SSSR count). The maximum absolute atomic E-state index is 12.7. The summed E-state index contributed by atoms with van der Waals surface area (Å²) in [6, 6.07) is 5.20. The standard InChI is InChI=1S/C19H19NO4/c1-12-9-15(21)14(11-20-6-2-3-7-20)19-17(12)18(22)16(24-19)10-13-5-4-8-23-13/h4-5,8-10,21H,2-3,6-7,11H2,1H3/p+1/b16-10-. The van der Waals surface area contributed by atoms with E-state index in [-0.39, 0.29) is 17.3 Å². The van der Waals surface area contributed by atoms with Gasteiger partial charge >= 0.3 is 0 Å². The number of furan rings is 1. The predicted molar refractivity (Wildman–Crippen MR) is 88.1 cm³/mol. The number of quaternary nitrogens is 1. The first-order valence-corrected chi connectivity index (χ1v) is 8.30. The summed E-state index contributed by atoms with van der Waals surface area (Å²) in [5.74, 6) is 1.37. The molecular formula is C19H20NO4+. The van der Waals surface area contributed by atoms with E-state index >= 15 is 0 Å². The third kappa shape index (κ3) is 2.51. The molecule has 5 nitrogen and oxygen atoms in total. The van der Waals surface area contributed by atoms with Crippen molar-refractivity contribution < 1.29 is 24.0 Å². The molecule has 2 aliphatic rings. The van der Waals surface area contributed by atoms with Crippen LogP contribution in [-0.2, 0) is 6.54 Å². The highest BCUT2D eigenvalue weighted by atomic mass is 16.5. The molecular weight excluding hydrogens is 306 g/mol. The van der Waals surface area contributed by atoms with Gasteiger partial charge in [-0.15, -0.1) is 0 Å². The summed E-state index contributed by atoms with van der Waals surface area (Å²) in [6.07, 6.45) is 5.56. The Hall–Kier alpha value is -2.53. The number of ketones is 1. The highest BCUT2D eigenvalue weighted by Gasteiger charge is 2.35. The van der Waals surface area contributed by atoms with E-state index in [1.165, 1.54) is 17.7 Å². The summed E-state index contributed by atoms with van der Waals surface area (Å²) in [7, 11) is 0. The van der Waals surface area contributed by atoms with Crippen molar-refractivity contribution >= 4 is 11.9 Å². The lowest BCUT2D eigenvalue weighted by atomic mass is 9.99. The number of ether oxygens (including phenoxy) is 1. The number of carbonyl (C=O) groups is 1. The van der Waals surface area contributed by atoms with Gasteiger partial charge < -0.3 is 19.2 Å². The molecule has 3 heterocycles. The molecule has 2 aliphatic heterocycles. The van der Waals surface area contributed by atoms with Gasteiger partial charge in [-0.3, -0.25) is 4.79 Å². The van der Waals surface area contributed by atoms with Crippen LogP contribution in [0.4, 0.5) is 0 Å². The molecule has 0 amide bonds. The van der Waals surface area contributed by atoms with E-state index < -0.39 is 0 Å². The number of hydrogen-bond donors (Lipinski definition) is 2. The molecule has 1 aromatic carbocycles. The lowest BCUT2D eigenvalue weighted by molar-refractivity contribution is -0.901. The highest BCUT2D eigenvalue weighted by Crippen LogP contribution is 2.41. The summed E-state index contributed by atoms with van der Waals surface area (Å²) in [6.45, 7) is 4.67. The van der Waals surface area contributed by atoms with E-state index in [0.29, 0.717) is 23.6 Å². The largest absolute Gasteiger partial charge is 0.507 e. The molecule has 1 aromatic heterocycles. The number of carbonyl (C=O) groups excluding carboxylic acids is 1. The van der Waals surface area contributed by atoms with Gasteiger partial charge in [0.1, 0.15) is 18.1 Å². The summed E-state index contributed by atoms with van der Waals surface area (Å²) >= 11 is 0. The SMILES string of the molecule is Cc1cc(O)c(C[NH+]2CCCC2)c2c1C(=O)/C(=C/c1ccco1)O2. The van der Waals surface area contributed by atoms with Crippen molar-refractivity contribution in [1.29, 1.82) is 0 Å². The van der Waals surface area contributed by atoms with Crippen molar-refractivity contribution in [1.82, 2.24) is 0 Å². The number of benzene rings is 1. The van der Waals surface area contributed by atoms with E-state index in [2.05, 4.69) is 0 Å². The van der Waals surface area contributed by atoms with Gasteiger partial charge in [0.25, 0.3) is 0 Å². The zero-order valence-corrected chi connectivity index (χ0v) is 13.6. The molecule has 0 bridgehead atoms. The van der Waals surface area contributed by atoms with Crippen LogP contribution in [0.5, 0.6) is 11.5 Å². The van der Waals surface area contributed by atoms with Gasteiger partial charge in [0.2, 0.25) is 5.78 Å². The van der Waals surface area contributed by atoms with Gasteiger partial charge in [0, 0.05) is 18.9 Å². The Bertz CT molecular complexity index is 814. The van der Waals surface area contributed by atoms with Crippen molar-refractivity contribution in [3.05, 3.63) is 52.7 Å². The second kappa shape index (κ2) is 5.83. The molecule has 0 spiro atoms. The van der Waals surface area contributed by atoms with Crippen LogP contribution in [0.15, 0.2) is 34.6 Å². The number of aromatic hydroxyl groups is 1. The van der Waals surface area contributed by atoms with E-state index in [0.717, 1.165) is 24.2 Å². The Morgan fingerprint density at radius 3 is 2.83 bits per heavy atom. The molecule has 1 fully saturated rings. The second-order valence-electron chi connectivity index (χ2n) is 6.48. The van der Waals surface area contributed by atoms with Gasteiger partial charge in [0.15, 0.2) is 11.5 Å². The lowest BCUT2D eigenvalue weighted by Gasteiger charge is -2.16. The molecule has 0 saturated carbocycles. The van der Waals surface area contributed by atoms with Crippen LogP contribution in [-0.4, -0.2) is 24.0 Å². The number of likely N-dealkylation sites (tertiary alicyclic amines) is 1. The van der Waals surface area contributed by atoms with Gasteiger partial charge in [-0.25, -0.2) is 0 Å². The van der Waals surface area contributed by atoms with Crippen molar-refractivity contribution in [2.45, 2.75) is 26.3 Å². The molecule has 24 heavy (non-hydrogen) atoms. The van der Waals surface area contributed by atoms with Crippen LogP contribution in [0.3, 0.4) is 0 Å². The number of phenols is 1. The average molecular weight is 326 g/mol. The lowest BCUT2D eigenvalue weighted by Crippen LogP contribution is -3.08. The highest BCUT2D eigenvalue weighted by molar-refractivity contribution is 6.15. The van der Waals surface area contributed by atoms with Crippen LogP contribution in [0.1, 0.15) is 40.1 Å². The van der Waals surface area contributed by atoms with Crippen molar-refractivity contribution in [3.63, 3.8) is 0 Å². The topological polar surface area (TPSA) is 64.1 Å². The van der Waals surface area contributed by atoms with Crippen molar-refractivity contribution in [2.24, 2.45) is 0 Å². The number of fused-ring (bicyclic) bond motifs is 1. The number of rotatable bonds is 3. The first kappa shape index (κ1) is 15.0. The molecule has 0 atom stereocenters.